The van der Waals surface area contributed by atoms with Gasteiger partial charge in [-0.15, -0.1) is 0 Å². The zero-order chi connectivity index (χ0) is 14.0. The Bertz CT molecular complexity index is 648. The molecule has 0 atom stereocenters. The number of ether oxygens (including phenoxy) is 1. The maximum absolute atomic E-state index is 10.9. The molecule has 0 unspecified atom stereocenters. The molecule has 1 aromatic heterocycles. The Labute approximate surface area is 109 Å². The molecular weight excluding hydrogens is 250 g/mol. The first-order valence-corrected chi connectivity index (χ1v) is 5.72. The molecular formula is C12H13N3O4. The predicted octanol–water partition coefficient (Wildman–Crippen LogP) is 1.82. The van der Waals surface area contributed by atoms with E-state index >= 15 is 0 Å². The number of hydrogen-bond acceptors (Lipinski definition) is 5. The Kier molecular flexibility index (Phi) is 3.46. The van der Waals surface area contributed by atoms with Crippen molar-refractivity contribution in [2.24, 2.45) is 0 Å². The van der Waals surface area contributed by atoms with Crippen LogP contribution >= 0.6 is 0 Å². The van der Waals surface area contributed by atoms with Crippen LogP contribution in [0.3, 0.4) is 0 Å². The number of carbonyl (C=O) groups is 1. The summed E-state index contributed by atoms with van der Waals surface area (Å²) in [5.74, 6) is -0.355. The monoisotopic (exact) mass is 263 g/mol. The summed E-state index contributed by atoms with van der Waals surface area (Å²) in [4.78, 5) is 25.4. The number of carbonyl (C=O) groups excluding carboxylic acids is 1. The van der Waals surface area contributed by atoms with E-state index in [2.05, 4.69) is 4.98 Å². The number of rotatable bonds is 4. The third-order valence-electron chi connectivity index (χ3n) is 2.77. The van der Waals surface area contributed by atoms with Gasteiger partial charge >= 0.3 is 5.97 Å². The van der Waals surface area contributed by atoms with Crippen LogP contribution in [-0.2, 0) is 16.1 Å². The van der Waals surface area contributed by atoms with Gasteiger partial charge in [0.05, 0.1) is 28.8 Å². The SMILES string of the molecule is CC(=O)OCCn1cnc2cc(C)c([N+](=O)[O-])cc21. The number of aryl methyl sites for hydroxylation is 1. The van der Waals surface area contributed by atoms with E-state index in [1.54, 1.807) is 23.9 Å². The topological polar surface area (TPSA) is 87.3 Å². The van der Waals surface area contributed by atoms with Gasteiger partial charge in [0.1, 0.15) is 6.61 Å². The second kappa shape index (κ2) is 5.05. The summed E-state index contributed by atoms with van der Waals surface area (Å²) < 4.78 is 6.57. The quantitative estimate of drug-likeness (QED) is 0.477. The number of nitrogens with zero attached hydrogens (tertiary/aromatic N) is 3. The summed E-state index contributed by atoms with van der Waals surface area (Å²) in [6.45, 7) is 3.63. The van der Waals surface area contributed by atoms with E-state index < -0.39 is 4.92 Å². The Hall–Kier alpha value is -2.44. The number of benzene rings is 1. The van der Waals surface area contributed by atoms with Crippen molar-refractivity contribution < 1.29 is 14.5 Å². The lowest BCUT2D eigenvalue weighted by Gasteiger charge is -2.05. The molecule has 0 spiro atoms. The molecule has 0 N–H and O–H groups in total. The molecule has 0 bridgehead atoms. The molecule has 0 fully saturated rings. The van der Waals surface area contributed by atoms with Crippen LogP contribution in [0.5, 0.6) is 0 Å². The van der Waals surface area contributed by atoms with Gasteiger partial charge in [-0.3, -0.25) is 14.9 Å². The van der Waals surface area contributed by atoms with Crippen LogP contribution in [0.4, 0.5) is 5.69 Å². The van der Waals surface area contributed by atoms with Crippen LogP contribution in [0, 0.1) is 17.0 Å². The van der Waals surface area contributed by atoms with Gasteiger partial charge in [-0.25, -0.2) is 4.98 Å². The van der Waals surface area contributed by atoms with Gasteiger partial charge in [0.15, 0.2) is 0 Å². The molecule has 0 saturated heterocycles. The molecule has 19 heavy (non-hydrogen) atoms. The number of esters is 1. The maximum atomic E-state index is 10.9. The Morgan fingerprint density at radius 3 is 2.89 bits per heavy atom. The first-order valence-electron chi connectivity index (χ1n) is 5.72. The number of imidazole rings is 1. The van der Waals surface area contributed by atoms with Crippen molar-refractivity contribution in [1.82, 2.24) is 9.55 Å². The lowest BCUT2D eigenvalue weighted by molar-refractivity contribution is -0.385. The molecule has 7 nitrogen and oxygen atoms in total. The summed E-state index contributed by atoms with van der Waals surface area (Å²) in [7, 11) is 0. The molecule has 2 aromatic rings. The van der Waals surface area contributed by atoms with Gasteiger partial charge in [-0.1, -0.05) is 0 Å². The minimum Gasteiger partial charge on any atom is -0.464 e. The fourth-order valence-corrected chi connectivity index (χ4v) is 1.86. The maximum Gasteiger partial charge on any atom is 0.302 e. The third-order valence-corrected chi connectivity index (χ3v) is 2.77. The number of nitro benzene ring substituents is 1. The van der Waals surface area contributed by atoms with E-state index in [9.17, 15) is 14.9 Å². The van der Waals surface area contributed by atoms with E-state index in [-0.39, 0.29) is 18.3 Å². The summed E-state index contributed by atoms with van der Waals surface area (Å²) in [5.41, 5.74) is 1.97. The highest BCUT2D eigenvalue weighted by molar-refractivity contribution is 5.79. The molecule has 0 radical (unpaired) electrons. The fraction of sp³-hybridized carbons (Fsp3) is 0.333. The highest BCUT2D eigenvalue weighted by Crippen LogP contribution is 2.24. The highest BCUT2D eigenvalue weighted by atomic mass is 16.6. The van der Waals surface area contributed by atoms with Crippen LogP contribution in [0.25, 0.3) is 11.0 Å². The summed E-state index contributed by atoms with van der Waals surface area (Å²) >= 11 is 0. The van der Waals surface area contributed by atoms with Gasteiger partial charge in [0, 0.05) is 18.6 Å². The standard InChI is InChI=1S/C12H13N3O4/c1-8-5-10-12(6-11(8)15(17)18)14(7-13-10)3-4-19-9(2)16/h5-7H,3-4H2,1-2H3. The second-order valence-corrected chi connectivity index (χ2v) is 4.16. The molecule has 7 heteroatoms. The fourth-order valence-electron chi connectivity index (χ4n) is 1.86. The Morgan fingerprint density at radius 1 is 1.53 bits per heavy atom. The van der Waals surface area contributed by atoms with Crippen molar-refractivity contribution in [3.63, 3.8) is 0 Å². The average Bonchev–Trinajstić information content (AvgIpc) is 2.70. The van der Waals surface area contributed by atoms with Gasteiger partial charge in [0.25, 0.3) is 5.69 Å². The zero-order valence-electron chi connectivity index (χ0n) is 10.6. The smallest absolute Gasteiger partial charge is 0.302 e. The van der Waals surface area contributed by atoms with E-state index in [1.807, 2.05) is 0 Å². The second-order valence-electron chi connectivity index (χ2n) is 4.16. The lowest BCUT2D eigenvalue weighted by Crippen LogP contribution is -2.08. The van der Waals surface area contributed by atoms with Gasteiger partial charge in [-0.2, -0.15) is 0 Å². The minimum atomic E-state index is -0.418. The molecule has 100 valence electrons. The predicted molar refractivity (Wildman–Crippen MR) is 67.8 cm³/mol. The van der Waals surface area contributed by atoms with Gasteiger partial charge < -0.3 is 9.30 Å². The van der Waals surface area contributed by atoms with Crippen molar-refractivity contribution in [1.29, 1.82) is 0 Å². The number of fused-ring (bicyclic) bond motifs is 1. The van der Waals surface area contributed by atoms with Crippen LogP contribution < -0.4 is 0 Å². The first kappa shape index (κ1) is 13.0. The number of nitro groups is 1. The van der Waals surface area contributed by atoms with Crippen LogP contribution in [-0.4, -0.2) is 27.1 Å². The van der Waals surface area contributed by atoms with Crippen LogP contribution in [0.15, 0.2) is 18.5 Å². The van der Waals surface area contributed by atoms with Gasteiger partial charge in [0.2, 0.25) is 0 Å². The van der Waals surface area contributed by atoms with Crippen molar-refractivity contribution >= 4 is 22.7 Å². The third kappa shape index (κ3) is 2.70. The summed E-state index contributed by atoms with van der Waals surface area (Å²) in [6.07, 6.45) is 1.58. The molecule has 2 rings (SSSR count). The van der Waals surface area contributed by atoms with Crippen LogP contribution in [0.2, 0.25) is 0 Å². The normalized spacial score (nSPS) is 10.6. The molecule has 0 aliphatic rings. The largest absolute Gasteiger partial charge is 0.464 e. The van der Waals surface area contributed by atoms with Crippen molar-refractivity contribution in [2.45, 2.75) is 20.4 Å². The first-order chi connectivity index (χ1) is 8.99. The molecule has 0 aliphatic heterocycles. The van der Waals surface area contributed by atoms with E-state index in [1.165, 1.54) is 13.0 Å². The lowest BCUT2D eigenvalue weighted by atomic mass is 10.2. The molecule has 0 amide bonds. The summed E-state index contributed by atoms with van der Waals surface area (Å²) in [5, 5.41) is 10.9. The number of aromatic nitrogens is 2. The van der Waals surface area contributed by atoms with Crippen LogP contribution in [0.1, 0.15) is 12.5 Å². The molecule has 0 aliphatic carbocycles. The van der Waals surface area contributed by atoms with Crippen molar-refractivity contribution in [2.75, 3.05) is 6.61 Å². The molecule has 0 saturated carbocycles. The Balaban J connectivity index is 2.33. The van der Waals surface area contributed by atoms with Crippen molar-refractivity contribution in [3.8, 4) is 0 Å². The highest BCUT2D eigenvalue weighted by Gasteiger charge is 2.14. The van der Waals surface area contributed by atoms with Crippen molar-refractivity contribution in [3.05, 3.63) is 34.1 Å². The zero-order valence-corrected chi connectivity index (χ0v) is 10.6. The summed E-state index contributed by atoms with van der Waals surface area (Å²) in [6, 6.07) is 3.17. The minimum absolute atomic E-state index is 0.0572. The van der Waals surface area contributed by atoms with E-state index in [0.29, 0.717) is 23.1 Å². The van der Waals surface area contributed by atoms with E-state index in [0.717, 1.165) is 0 Å². The molecule has 1 aromatic carbocycles. The Morgan fingerprint density at radius 2 is 2.26 bits per heavy atom. The number of hydrogen-bond donors (Lipinski definition) is 0. The molecule has 1 heterocycles. The average molecular weight is 263 g/mol. The van der Waals surface area contributed by atoms with E-state index in [4.69, 9.17) is 4.74 Å². The van der Waals surface area contributed by atoms with Gasteiger partial charge in [-0.05, 0) is 13.0 Å².